The number of hydrogen-bond acceptors (Lipinski definition) is 6. The van der Waals surface area contributed by atoms with E-state index in [0.29, 0.717) is 31.4 Å². The zero-order valence-corrected chi connectivity index (χ0v) is 24.8. The van der Waals surface area contributed by atoms with Crippen molar-refractivity contribution >= 4 is 29.5 Å². The number of benzene rings is 2. The lowest BCUT2D eigenvalue weighted by Gasteiger charge is -2.23. The highest BCUT2D eigenvalue weighted by Crippen LogP contribution is 2.19. The van der Waals surface area contributed by atoms with Crippen molar-refractivity contribution in [3.63, 3.8) is 0 Å². The molecule has 0 unspecified atom stereocenters. The lowest BCUT2D eigenvalue weighted by Crippen LogP contribution is -2.45. The molecule has 222 valence electrons. The number of hydrogen-bond donors (Lipinski definition) is 3. The molecule has 8 heteroatoms. The van der Waals surface area contributed by atoms with E-state index in [9.17, 15) is 19.5 Å². The van der Waals surface area contributed by atoms with Gasteiger partial charge >= 0.3 is 5.97 Å². The van der Waals surface area contributed by atoms with E-state index in [-0.39, 0.29) is 43.3 Å². The van der Waals surface area contributed by atoms with Gasteiger partial charge in [-0.2, -0.15) is 11.8 Å². The van der Waals surface area contributed by atoms with Crippen molar-refractivity contribution in [1.82, 2.24) is 10.6 Å². The maximum absolute atomic E-state index is 13.3. The van der Waals surface area contributed by atoms with E-state index in [1.165, 1.54) is 0 Å². The molecule has 41 heavy (non-hydrogen) atoms. The van der Waals surface area contributed by atoms with Gasteiger partial charge in [0.2, 0.25) is 11.8 Å². The quantitative estimate of drug-likeness (QED) is 0.153. The molecule has 2 aromatic rings. The maximum Gasteiger partial charge on any atom is 0.309 e. The van der Waals surface area contributed by atoms with E-state index >= 15 is 0 Å². The Kier molecular flexibility index (Phi) is 16.2. The van der Waals surface area contributed by atoms with Crippen LogP contribution in [0.1, 0.15) is 43.7 Å². The SMILES string of the molecule is C=CCC[C@H](Cc1ccccc1)C(=O)OC[C@H](CSCc1ccccc1)NC(=O)[C@@H](CC=C)CC(=O)N[C@@H](C)CO. The monoisotopic (exact) mass is 580 g/mol. The topological polar surface area (TPSA) is 105 Å². The number of rotatable bonds is 20. The third-order valence-electron chi connectivity index (χ3n) is 6.52. The van der Waals surface area contributed by atoms with Gasteiger partial charge in [-0.3, -0.25) is 14.4 Å². The lowest BCUT2D eigenvalue weighted by molar-refractivity contribution is -0.150. The van der Waals surface area contributed by atoms with Crippen molar-refractivity contribution in [2.24, 2.45) is 11.8 Å². The molecule has 0 saturated carbocycles. The molecule has 0 radical (unpaired) electrons. The van der Waals surface area contributed by atoms with Crippen molar-refractivity contribution in [1.29, 1.82) is 0 Å². The van der Waals surface area contributed by atoms with Crippen molar-refractivity contribution in [2.75, 3.05) is 19.0 Å². The van der Waals surface area contributed by atoms with E-state index < -0.39 is 18.0 Å². The summed E-state index contributed by atoms with van der Waals surface area (Å²) in [6.07, 6.45) is 5.57. The molecule has 0 aliphatic rings. The summed E-state index contributed by atoms with van der Waals surface area (Å²) in [5.74, 6) is -0.606. The summed E-state index contributed by atoms with van der Waals surface area (Å²) >= 11 is 1.64. The molecule has 2 rings (SSSR count). The van der Waals surface area contributed by atoms with Crippen LogP contribution in [0.5, 0.6) is 0 Å². The van der Waals surface area contributed by atoms with Crippen LogP contribution >= 0.6 is 11.8 Å². The first-order valence-corrected chi connectivity index (χ1v) is 15.3. The van der Waals surface area contributed by atoms with Crippen LogP contribution in [0, 0.1) is 11.8 Å². The molecule has 0 aliphatic carbocycles. The minimum atomic E-state index is -0.630. The Bertz CT molecular complexity index is 1080. The highest BCUT2D eigenvalue weighted by Gasteiger charge is 2.26. The summed E-state index contributed by atoms with van der Waals surface area (Å²) < 4.78 is 5.80. The van der Waals surface area contributed by atoms with Crippen LogP contribution in [0.2, 0.25) is 0 Å². The number of carbonyl (C=O) groups excluding carboxylic acids is 3. The Labute approximate surface area is 248 Å². The summed E-state index contributed by atoms with van der Waals surface area (Å²) in [6.45, 7) is 9.05. The number of esters is 1. The fraction of sp³-hybridized carbons (Fsp3) is 0.424. The first-order valence-electron chi connectivity index (χ1n) is 14.1. The summed E-state index contributed by atoms with van der Waals surface area (Å²) in [5, 5.41) is 14.9. The van der Waals surface area contributed by atoms with Crippen LogP contribution in [0.4, 0.5) is 0 Å². The molecule has 7 nitrogen and oxygen atoms in total. The molecule has 0 aliphatic heterocycles. The second-order valence-corrected chi connectivity index (χ2v) is 11.2. The van der Waals surface area contributed by atoms with Gasteiger partial charge in [-0.05, 0) is 43.7 Å². The molecule has 2 amide bonds. The molecule has 3 N–H and O–H groups in total. The fourth-order valence-electron chi connectivity index (χ4n) is 4.25. The lowest BCUT2D eigenvalue weighted by atomic mass is 9.95. The highest BCUT2D eigenvalue weighted by molar-refractivity contribution is 7.98. The number of aliphatic hydroxyl groups is 1. The summed E-state index contributed by atoms with van der Waals surface area (Å²) in [6, 6.07) is 19.0. The average molecular weight is 581 g/mol. The van der Waals surface area contributed by atoms with Crippen LogP contribution < -0.4 is 10.6 Å². The van der Waals surface area contributed by atoms with Gasteiger partial charge in [-0.25, -0.2) is 0 Å². The number of allylic oxidation sites excluding steroid dienone is 2. The third-order valence-corrected chi connectivity index (χ3v) is 7.69. The minimum absolute atomic E-state index is 0.0281. The normalized spacial score (nSPS) is 13.7. The van der Waals surface area contributed by atoms with Gasteiger partial charge < -0.3 is 20.5 Å². The van der Waals surface area contributed by atoms with Crippen LogP contribution in [0.25, 0.3) is 0 Å². The van der Waals surface area contributed by atoms with Gasteiger partial charge in [-0.15, -0.1) is 13.2 Å². The van der Waals surface area contributed by atoms with Crippen LogP contribution in [-0.4, -0.2) is 53.9 Å². The Balaban J connectivity index is 2.08. The van der Waals surface area contributed by atoms with Gasteiger partial charge in [0.1, 0.15) is 6.61 Å². The number of aliphatic hydroxyl groups excluding tert-OH is 1. The molecule has 0 heterocycles. The van der Waals surface area contributed by atoms with Crippen LogP contribution in [-0.2, 0) is 31.3 Å². The second kappa shape index (κ2) is 19.7. The fourth-order valence-corrected chi connectivity index (χ4v) is 5.26. The predicted molar refractivity (Wildman–Crippen MR) is 166 cm³/mol. The van der Waals surface area contributed by atoms with Gasteiger partial charge in [0.15, 0.2) is 0 Å². The number of thioether (sulfide) groups is 1. The molecule has 0 saturated heterocycles. The molecular weight excluding hydrogens is 536 g/mol. The predicted octanol–water partition coefficient (Wildman–Crippen LogP) is 4.85. The Morgan fingerprint density at radius 1 is 0.951 bits per heavy atom. The van der Waals surface area contributed by atoms with Crippen molar-refractivity contribution in [2.45, 2.75) is 56.9 Å². The van der Waals surface area contributed by atoms with Crippen molar-refractivity contribution < 1.29 is 24.2 Å². The number of amides is 2. The Morgan fingerprint density at radius 2 is 1.61 bits per heavy atom. The van der Waals surface area contributed by atoms with Gasteiger partial charge in [0, 0.05) is 24.0 Å². The largest absolute Gasteiger partial charge is 0.463 e. The summed E-state index contributed by atoms with van der Waals surface area (Å²) in [5.41, 5.74) is 2.22. The standard InChI is InChI=1S/C33H44N2O5S/c1-4-6-18-29(19-26-14-9-7-10-15-26)33(39)40-22-30(24-41-23-27-16-11-8-12-17-27)35-32(38)28(13-5-2)20-31(37)34-25(3)21-36/h4-5,7-12,14-17,25,28-30,36H,1-2,6,13,18-24H2,3H3,(H,34,37)(H,35,38)/t25-,28-,29+,30+/m0/s1. The summed E-state index contributed by atoms with van der Waals surface area (Å²) in [7, 11) is 0. The zero-order chi connectivity index (χ0) is 29.9. The van der Waals surface area contributed by atoms with Crippen molar-refractivity contribution in [3.8, 4) is 0 Å². The van der Waals surface area contributed by atoms with E-state index in [1.54, 1.807) is 30.8 Å². The number of ether oxygens (including phenoxy) is 1. The second-order valence-electron chi connectivity index (χ2n) is 10.2. The third kappa shape index (κ3) is 13.7. The zero-order valence-electron chi connectivity index (χ0n) is 24.0. The average Bonchev–Trinajstić information content (AvgIpc) is 2.98. The molecule has 0 spiro atoms. The number of nitrogens with one attached hydrogen (secondary N) is 2. The van der Waals surface area contributed by atoms with Gasteiger partial charge in [0.05, 0.1) is 24.5 Å². The Morgan fingerprint density at radius 3 is 2.22 bits per heavy atom. The molecule has 0 bridgehead atoms. The molecule has 0 fully saturated rings. The summed E-state index contributed by atoms with van der Waals surface area (Å²) in [4.78, 5) is 38.9. The Hall–Kier alpha value is -3.36. The number of carbonyl (C=O) groups is 3. The van der Waals surface area contributed by atoms with E-state index in [0.717, 1.165) is 16.9 Å². The molecule has 4 atom stereocenters. The molecule has 0 aromatic heterocycles. The van der Waals surface area contributed by atoms with Gasteiger partial charge in [-0.1, -0.05) is 72.8 Å². The van der Waals surface area contributed by atoms with E-state index in [1.807, 2.05) is 60.7 Å². The maximum atomic E-state index is 13.3. The molecule has 2 aromatic carbocycles. The van der Waals surface area contributed by atoms with E-state index in [2.05, 4.69) is 23.8 Å². The molecular formula is C33H44N2O5S. The first kappa shape index (κ1) is 33.8. The van der Waals surface area contributed by atoms with E-state index in [4.69, 9.17) is 4.74 Å². The first-order chi connectivity index (χ1) is 19.9. The van der Waals surface area contributed by atoms with Crippen LogP contribution in [0.15, 0.2) is 86.0 Å². The highest BCUT2D eigenvalue weighted by atomic mass is 32.2. The minimum Gasteiger partial charge on any atom is -0.463 e. The smallest absolute Gasteiger partial charge is 0.309 e. The van der Waals surface area contributed by atoms with Crippen LogP contribution in [0.3, 0.4) is 0 Å². The van der Waals surface area contributed by atoms with Crippen molar-refractivity contribution in [3.05, 3.63) is 97.1 Å². The van der Waals surface area contributed by atoms with Gasteiger partial charge in [0.25, 0.3) is 0 Å².